The third-order valence-corrected chi connectivity index (χ3v) is 9.62. The van der Waals surface area contributed by atoms with Crippen molar-refractivity contribution in [1.29, 1.82) is 0 Å². The van der Waals surface area contributed by atoms with Crippen LogP contribution in [0.1, 0.15) is 30.9 Å². The van der Waals surface area contributed by atoms with E-state index in [0.29, 0.717) is 45.3 Å². The third kappa shape index (κ3) is 12.0. The van der Waals surface area contributed by atoms with E-state index in [1.807, 2.05) is 60.7 Å². The Kier molecular flexibility index (Phi) is 14.2. The Morgan fingerprint density at radius 2 is 1.41 bits per heavy atom. The number of aliphatic hydroxyl groups excluding tert-OH is 1. The second kappa shape index (κ2) is 18.6. The Bertz CT molecular complexity index is 1300. The van der Waals surface area contributed by atoms with Crippen LogP contribution >= 0.6 is 23.5 Å². The van der Waals surface area contributed by atoms with Gasteiger partial charge in [-0.15, -0.1) is 23.5 Å². The summed E-state index contributed by atoms with van der Waals surface area (Å²) in [5.41, 5.74) is 5.66. The van der Waals surface area contributed by atoms with Crippen LogP contribution in [-0.2, 0) is 22.4 Å². The van der Waals surface area contributed by atoms with E-state index in [-0.39, 0.29) is 29.2 Å². The Balaban J connectivity index is 1.41. The average molecular weight is 669 g/mol. The van der Waals surface area contributed by atoms with Crippen molar-refractivity contribution in [2.24, 2.45) is 9.98 Å². The highest BCUT2D eigenvalue weighted by Crippen LogP contribution is 2.17. The first-order chi connectivity index (χ1) is 22.3. The molecule has 4 amide bonds. The number of alkyl carbamates (subject to hydrolysis) is 1. The van der Waals surface area contributed by atoms with Gasteiger partial charge in [-0.3, -0.25) is 14.8 Å². The van der Waals surface area contributed by atoms with E-state index >= 15 is 0 Å². The quantitative estimate of drug-likeness (QED) is 0.214. The smallest absolute Gasteiger partial charge is 0.407 e. The van der Waals surface area contributed by atoms with Gasteiger partial charge in [-0.1, -0.05) is 60.7 Å². The monoisotopic (exact) mass is 668 g/mol. The van der Waals surface area contributed by atoms with Gasteiger partial charge < -0.3 is 30.7 Å². The van der Waals surface area contributed by atoms with Crippen LogP contribution in [0.25, 0.3) is 0 Å². The number of urea groups is 1. The molecule has 2 heterocycles. The number of hydrogen-bond donors (Lipinski definition) is 4. The number of aliphatic hydroxyl groups is 1. The van der Waals surface area contributed by atoms with Gasteiger partial charge in [0.25, 0.3) is 0 Å². The van der Waals surface area contributed by atoms with Crippen molar-refractivity contribution < 1.29 is 24.2 Å². The SMILES string of the molecule is CC(O)[C@H](NC(=O)N(C)CC1CN=CS1)C(=O)N[C@H](CC[C@H](Cc1ccccc1)NC(=O)OCC1CN=CS1)Cc1ccccc1. The number of amides is 4. The predicted molar refractivity (Wildman–Crippen MR) is 186 cm³/mol. The third-order valence-electron chi connectivity index (χ3n) is 7.72. The van der Waals surface area contributed by atoms with Crippen LogP contribution in [0.3, 0.4) is 0 Å². The highest BCUT2D eigenvalue weighted by Gasteiger charge is 2.30. The van der Waals surface area contributed by atoms with E-state index < -0.39 is 30.2 Å². The van der Waals surface area contributed by atoms with Gasteiger partial charge in [0.2, 0.25) is 5.91 Å². The molecule has 2 aliphatic rings. The molecule has 3 unspecified atom stereocenters. The van der Waals surface area contributed by atoms with Gasteiger partial charge in [-0.25, -0.2) is 9.59 Å². The Hall–Kier alpha value is -3.55. The van der Waals surface area contributed by atoms with Crippen LogP contribution in [0.4, 0.5) is 9.59 Å². The number of hydrogen-bond acceptors (Lipinski definition) is 9. The van der Waals surface area contributed by atoms with Gasteiger partial charge in [0.05, 0.1) is 35.5 Å². The van der Waals surface area contributed by atoms with Gasteiger partial charge in [0.1, 0.15) is 12.6 Å². The molecule has 11 nitrogen and oxygen atoms in total. The van der Waals surface area contributed by atoms with Crippen LogP contribution in [0.15, 0.2) is 70.6 Å². The summed E-state index contributed by atoms with van der Waals surface area (Å²) >= 11 is 3.12. The first-order valence-corrected chi connectivity index (χ1v) is 17.4. The molecule has 2 aromatic carbocycles. The predicted octanol–water partition coefficient (Wildman–Crippen LogP) is 3.51. The van der Waals surface area contributed by atoms with Gasteiger partial charge in [-0.05, 0) is 43.7 Å². The molecule has 0 aliphatic carbocycles. The van der Waals surface area contributed by atoms with E-state index in [1.54, 1.807) is 41.7 Å². The van der Waals surface area contributed by atoms with Crippen molar-refractivity contribution in [1.82, 2.24) is 20.9 Å². The number of nitrogens with one attached hydrogen (secondary N) is 3. The molecular formula is C33H44N6O5S2. The number of aliphatic imine (C=N–C) groups is 2. The van der Waals surface area contributed by atoms with E-state index in [1.165, 1.54) is 11.8 Å². The van der Waals surface area contributed by atoms with Crippen molar-refractivity contribution in [2.75, 3.05) is 33.3 Å². The molecule has 0 aromatic heterocycles. The summed E-state index contributed by atoms with van der Waals surface area (Å²) in [7, 11) is 1.66. The summed E-state index contributed by atoms with van der Waals surface area (Å²) in [5.74, 6) is -0.473. The highest BCUT2D eigenvalue weighted by atomic mass is 32.2. The molecule has 4 N–H and O–H groups in total. The fourth-order valence-electron chi connectivity index (χ4n) is 5.21. The number of rotatable bonds is 16. The highest BCUT2D eigenvalue weighted by molar-refractivity contribution is 8.13. The number of benzene rings is 2. The maximum absolute atomic E-state index is 13.6. The van der Waals surface area contributed by atoms with E-state index in [2.05, 4.69) is 25.9 Å². The molecule has 0 saturated carbocycles. The van der Waals surface area contributed by atoms with Crippen molar-refractivity contribution >= 4 is 52.6 Å². The summed E-state index contributed by atoms with van der Waals surface area (Å²) in [6.07, 6.45) is 0.604. The van der Waals surface area contributed by atoms with E-state index in [4.69, 9.17) is 4.74 Å². The minimum Gasteiger partial charge on any atom is -0.448 e. The Morgan fingerprint density at radius 1 is 0.870 bits per heavy atom. The lowest BCUT2D eigenvalue weighted by molar-refractivity contribution is -0.126. The molecule has 46 heavy (non-hydrogen) atoms. The summed E-state index contributed by atoms with van der Waals surface area (Å²) in [6, 6.07) is 17.5. The largest absolute Gasteiger partial charge is 0.448 e. The fourth-order valence-corrected chi connectivity index (χ4v) is 6.70. The number of carbonyl (C=O) groups excluding carboxylic acids is 3. The standard InChI is InChI=1S/C33H44N6O5S2/c1-23(40)30(38-32(42)39(2)19-28-17-34-21-45-28)31(41)36-26(15-24-9-5-3-6-10-24)13-14-27(16-25-11-7-4-8-12-25)37-33(43)44-20-29-18-35-22-46-29/h3-12,21-23,26-30,40H,13-20H2,1-2H3,(H,36,41)(H,37,43)(H,38,42)/t23?,26-,27-,28?,29?,30+/m1/s1. The molecule has 0 bridgehead atoms. The molecule has 6 atom stereocenters. The second-order valence-corrected chi connectivity index (χ2v) is 13.9. The molecule has 0 fully saturated rings. The maximum atomic E-state index is 13.6. The van der Waals surface area contributed by atoms with Crippen molar-refractivity contribution in [3.63, 3.8) is 0 Å². The minimum atomic E-state index is -1.15. The normalized spacial score (nSPS) is 19.5. The molecule has 4 rings (SSSR count). The first kappa shape index (κ1) is 35.3. The number of ether oxygens (including phenoxy) is 1. The molecule has 2 aromatic rings. The fraction of sp³-hybridized carbons (Fsp3) is 0.485. The zero-order valence-corrected chi connectivity index (χ0v) is 27.9. The molecule has 13 heteroatoms. The van der Waals surface area contributed by atoms with Crippen LogP contribution in [-0.4, -0.2) is 107 Å². The van der Waals surface area contributed by atoms with Crippen molar-refractivity contribution in [3.8, 4) is 0 Å². The van der Waals surface area contributed by atoms with Crippen LogP contribution in [0.2, 0.25) is 0 Å². The molecular weight excluding hydrogens is 625 g/mol. The van der Waals surface area contributed by atoms with Gasteiger partial charge in [0.15, 0.2) is 0 Å². The molecule has 248 valence electrons. The lowest BCUT2D eigenvalue weighted by atomic mass is 9.95. The first-order valence-electron chi connectivity index (χ1n) is 15.6. The van der Waals surface area contributed by atoms with Crippen molar-refractivity contribution in [3.05, 3.63) is 71.8 Å². The summed E-state index contributed by atoms with van der Waals surface area (Å²) in [6.45, 7) is 3.49. The van der Waals surface area contributed by atoms with E-state index in [0.717, 1.165) is 11.1 Å². The van der Waals surface area contributed by atoms with Gasteiger partial charge in [-0.2, -0.15) is 0 Å². The zero-order chi connectivity index (χ0) is 32.7. The Labute approximate surface area is 279 Å². The lowest BCUT2D eigenvalue weighted by Crippen LogP contribution is -2.57. The summed E-state index contributed by atoms with van der Waals surface area (Å²) in [4.78, 5) is 49.2. The molecule has 0 spiro atoms. The molecule has 0 saturated heterocycles. The lowest BCUT2D eigenvalue weighted by Gasteiger charge is -2.28. The molecule has 0 radical (unpaired) electrons. The van der Waals surface area contributed by atoms with Crippen LogP contribution < -0.4 is 16.0 Å². The maximum Gasteiger partial charge on any atom is 0.407 e. The topological polar surface area (TPSA) is 145 Å². The second-order valence-electron chi connectivity index (χ2n) is 11.6. The Morgan fingerprint density at radius 3 is 1.93 bits per heavy atom. The van der Waals surface area contributed by atoms with E-state index in [9.17, 15) is 19.5 Å². The number of carbonyl (C=O) groups is 3. The molecule has 2 aliphatic heterocycles. The van der Waals surface area contributed by atoms with Gasteiger partial charge in [0, 0.05) is 30.9 Å². The number of thioether (sulfide) groups is 2. The van der Waals surface area contributed by atoms with Crippen LogP contribution in [0, 0.1) is 0 Å². The minimum absolute atomic E-state index is 0.126. The zero-order valence-electron chi connectivity index (χ0n) is 26.3. The van der Waals surface area contributed by atoms with Crippen LogP contribution in [0.5, 0.6) is 0 Å². The average Bonchev–Trinajstić information content (AvgIpc) is 3.77. The summed E-state index contributed by atoms with van der Waals surface area (Å²) in [5, 5.41) is 19.6. The van der Waals surface area contributed by atoms with Crippen molar-refractivity contribution in [2.45, 2.75) is 67.3 Å². The number of nitrogens with zero attached hydrogens (tertiary/aromatic N) is 3. The van der Waals surface area contributed by atoms with Gasteiger partial charge >= 0.3 is 12.1 Å². The summed E-state index contributed by atoms with van der Waals surface area (Å²) < 4.78 is 5.52.